The van der Waals surface area contributed by atoms with Gasteiger partial charge in [0, 0.05) is 13.0 Å². The Morgan fingerprint density at radius 3 is 2.36 bits per heavy atom. The summed E-state index contributed by atoms with van der Waals surface area (Å²) in [7, 11) is 0. The molecule has 3 rings (SSSR count). The maximum atomic E-state index is 12.0. The van der Waals surface area contributed by atoms with E-state index in [4.69, 9.17) is 4.84 Å². The molecule has 2 heterocycles. The number of rotatable bonds is 3. The van der Waals surface area contributed by atoms with Crippen LogP contribution in [-0.4, -0.2) is 35.3 Å². The number of nitrogens with zero attached hydrogens (tertiary/aromatic N) is 1. The molecule has 2 aliphatic heterocycles. The third kappa shape index (κ3) is 2.57. The van der Waals surface area contributed by atoms with Gasteiger partial charge in [0.05, 0.1) is 17.5 Å². The Morgan fingerprint density at radius 2 is 1.82 bits per heavy atom. The summed E-state index contributed by atoms with van der Waals surface area (Å²) in [4.78, 5) is 52.0. The molecule has 1 aromatic carbocycles. The van der Waals surface area contributed by atoms with Crippen LogP contribution in [0.5, 0.6) is 0 Å². The van der Waals surface area contributed by atoms with Gasteiger partial charge in [-0.2, -0.15) is 0 Å². The molecule has 0 saturated carbocycles. The molecule has 1 aromatic rings. The molecule has 1 atom stereocenters. The zero-order chi connectivity index (χ0) is 15.7. The molecule has 22 heavy (non-hydrogen) atoms. The molecule has 3 amide bonds. The third-order valence-corrected chi connectivity index (χ3v) is 3.77. The molecule has 2 aliphatic rings. The summed E-state index contributed by atoms with van der Waals surface area (Å²) in [5, 5.41) is 3.18. The van der Waals surface area contributed by atoms with E-state index in [0.717, 1.165) is 0 Å². The zero-order valence-electron chi connectivity index (χ0n) is 11.7. The van der Waals surface area contributed by atoms with Crippen molar-refractivity contribution in [1.82, 2.24) is 10.4 Å². The first-order chi connectivity index (χ1) is 10.6. The summed E-state index contributed by atoms with van der Waals surface area (Å²) >= 11 is 0. The minimum Gasteiger partial charge on any atom is -0.356 e. The molecule has 114 valence electrons. The van der Waals surface area contributed by atoms with Crippen molar-refractivity contribution in [3.8, 4) is 0 Å². The van der Waals surface area contributed by atoms with E-state index in [-0.39, 0.29) is 29.4 Å². The van der Waals surface area contributed by atoms with Gasteiger partial charge < -0.3 is 10.2 Å². The zero-order valence-corrected chi connectivity index (χ0v) is 11.7. The molecule has 1 N–H and O–H groups in total. The smallest absolute Gasteiger partial charge is 0.333 e. The minimum absolute atomic E-state index is 0.0371. The van der Waals surface area contributed by atoms with Crippen molar-refractivity contribution in [3.63, 3.8) is 0 Å². The highest BCUT2D eigenvalue weighted by atomic mass is 16.7. The fraction of sp³-hybridized carbons (Fsp3) is 0.333. The highest BCUT2D eigenvalue weighted by molar-refractivity contribution is 6.20. The van der Waals surface area contributed by atoms with E-state index in [9.17, 15) is 19.2 Å². The summed E-state index contributed by atoms with van der Waals surface area (Å²) < 4.78 is 0. The van der Waals surface area contributed by atoms with Gasteiger partial charge in [-0.3, -0.25) is 14.4 Å². The third-order valence-electron chi connectivity index (χ3n) is 3.77. The first-order valence-electron chi connectivity index (χ1n) is 7.01. The Kier molecular flexibility index (Phi) is 3.62. The Morgan fingerprint density at radius 1 is 1.18 bits per heavy atom. The fourth-order valence-electron chi connectivity index (χ4n) is 2.58. The van der Waals surface area contributed by atoms with Crippen LogP contribution < -0.4 is 5.32 Å². The summed E-state index contributed by atoms with van der Waals surface area (Å²) in [6.45, 7) is 0.399. The predicted octanol–water partition coefficient (Wildman–Crippen LogP) is 0.657. The molecule has 7 heteroatoms. The number of nitrogens with one attached hydrogen (secondary N) is 1. The number of amides is 3. The van der Waals surface area contributed by atoms with Crippen molar-refractivity contribution in [2.75, 3.05) is 6.54 Å². The number of carbonyl (C=O) groups is 4. The van der Waals surface area contributed by atoms with Gasteiger partial charge >= 0.3 is 5.97 Å². The molecule has 0 aromatic heterocycles. The number of hydroxylamine groups is 2. The monoisotopic (exact) mass is 302 g/mol. The Labute approximate surface area is 126 Å². The van der Waals surface area contributed by atoms with E-state index in [2.05, 4.69) is 5.32 Å². The maximum absolute atomic E-state index is 12.0. The van der Waals surface area contributed by atoms with Crippen LogP contribution in [-0.2, 0) is 14.4 Å². The van der Waals surface area contributed by atoms with Gasteiger partial charge in [0.2, 0.25) is 5.91 Å². The standard InChI is InChI=1S/C15H14N2O5/c18-12-6-5-9(8-16-12)7-13(19)22-17-14(20)10-3-1-2-4-11(10)15(17)21/h1-4,9H,5-8H2,(H,16,18). The fourth-order valence-corrected chi connectivity index (χ4v) is 2.58. The number of piperidine rings is 1. The van der Waals surface area contributed by atoms with Crippen molar-refractivity contribution in [3.05, 3.63) is 35.4 Å². The van der Waals surface area contributed by atoms with E-state index in [1.54, 1.807) is 12.1 Å². The maximum Gasteiger partial charge on any atom is 0.333 e. The van der Waals surface area contributed by atoms with Gasteiger partial charge in [0.1, 0.15) is 0 Å². The van der Waals surface area contributed by atoms with Crippen LogP contribution >= 0.6 is 0 Å². The Bertz CT molecular complexity index is 625. The van der Waals surface area contributed by atoms with Gasteiger partial charge in [0.25, 0.3) is 11.8 Å². The summed E-state index contributed by atoms with van der Waals surface area (Å²) in [5.41, 5.74) is 0.454. The minimum atomic E-state index is -0.657. The number of imide groups is 1. The molecular weight excluding hydrogens is 288 g/mol. The lowest BCUT2D eigenvalue weighted by Gasteiger charge is -2.22. The lowest BCUT2D eigenvalue weighted by molar-refractivity contribution is -0.170. The summed E-state index contributed by atoms with van der Waals surface area (Å²) in [6, 6.07) is 6.31. The molecule has 1 fully saturated rings. The van der Waals surface area contributed by atoms with Crippen LogP contribution in [0.25, 0.3) is 0 Å². The van der Waals surface area contributed by atoms with Crippen LogP contribution in [0.2, 0.25) is 0 Å². The van der Waals surface area contributed by atoms with Crippen LogP contribution in [0.15, 0.2) is 24.3 Å². The van der Waals surface area contributed by atoms with Gasteiger partial charge in [-0.1, -0.05) is 17.2 Å². The molecule has 7 nitrogen and oxygen atoms in total. The molecular formula is C15H14N2O5. The lowest BCUT2D eigenvalue weighted by Crippen LogP contribution is -2.38. The van der Waals surface area contributed by atoms with Gasteiger partial charge in [-0.05, 0) is 24.5 Å². The molecule has 0 bridgehead atoms. The second-order valence-electron chi connectivity index (χ2n) is 5.33. The topological polar surface area (TPSA) is 92.8 Å². The van der Waals surface area contributed by atoms with E-state index in [0.29, 0.717) is 24.4 Å². The summed E-state index contributed by atoms with van der Waals surface area (Å²) in [6.07, 6.45) is 1.00. The second kappa shape index (κ2) is 5.59. The van der Waals surface area contributed by atoms with Crippen molar-refractivity contribution < 1.29 is 24.0 Å². The van der Waals surface area contributed by atoms with Crippen LogP contribution in [0.4, 0.5) is 0 Å². The van der Waals surface area contributed by atoms with E-state index < -0.39 is 17.8 Å². The SMILES string of the molecule is O=C1CCC(CC(=O)ON2C(=O)c3ccccc3C2=O)CN1. The van der Waals surface area contributed by atoms with Gasteiger partial charge in [-0.25, -0.2) is 4.79 Å². The number of hydrogen-bond acceptors (Lipinski definition) is 5. The normalized spacial score (nSPS) is 20.6. The van der Waals surface area contributed by atoms with Crippen molar-refractivity contribution in [2.24, 2.45) is 5.92 Å². The molecule has 0 radical (unpaired) electrons. The second-order valence-corrected chi connectivity index (χ2v) is 5.33. The van der Waals surface area contributed by atoms with Crippen LogP contribution in [0.3, 0.4) is 0 Å². The van der Waals surface area contributed by atoms with E-state index >= 15 is 0 Å². The van der Waals surface area contributed by atoms with Crippen molar-refractivity contribution in [2.45, 2.75) is 19.3 Å². The Balaban J connectivity index is 1.62. The molecule has 0 aliphatic carbocycles. The average Bonchev–Trinajstić information content (AvgIpc) is 2.75. The molecule has 1 saturated heterocycles. The molecule has 1 unspecified atom stereocenters. The van der Waals surface area contributed by atoms with Gasteiger partial charge in [-0.15, -0.1) is 0 Å². The van der Waals surface area contributed by atoms with Crippen LogP contribution in [0, 0.1) is 5.92 Å². The number of hydrogen-bond donors (Lipinski definition) is 1. The average molecular weight is 302 g/mol. The van der Waals surface area contributed by atoms with E-state index in [1.807, 2.05) is 0 Å². The highest BCUT2D eigenvalue weighted by Gasteiger charge is 2.38. The number of carbonyl (C=O) groups excluding carboxylic acids is 4. The molecule has 0 spiro atoms. The largest absolute Gasteiger partial charge is 0.356 e. The predicted molar refractivity (Wildman–Crippen MR) is 73.4 cm³/mol. The van der Waals surface area contributed by atoms with Crippen molar-refractivity contribution in [1.29, 1.82) is 0 Å². The first kappa shape index (κ1) is 14.2. The number of fused-ring (bicyclic) bond motifs is 1. The highest BCUT2D eigenvalue weighted by Crippen LogP contribution is 2.23. The van der Waals surface area contributed by atoms with Crippen molar-refractivity contribution >= 4 is 23.7 Å². The van der Waals surface area contributed by atoms with Crippen LogP contribution in [0.1, 0.15) is 40.0 Å². The van der Waals surface area contributed by atoms with E-state index in [1.165, 1.54) is 12.1 Å². The quantitative estimate of drug-likeness (QED) is 0.828. The number of benzene rings is 1. The Hall–Kier alpha value is -2.70. The lowest BCUT2D eigenvalue weighted by atomic mass is 9.96. The van der Waals surface area contributed by atoms with Gasteiger partial charge in [0.15, 0.2) is 0 Å². The first-order valence-corrected chi connectivity index (χ1v) is 7.01. The summed E-state index contributed by atoms with van der Waals surface area (Å²) in [5.74, 6) is -2.00.